The van der Waals surface area contributed by atoms with Gasteiger partial charge in [0.25, 0.3) is 16.1 Å². The highest BCUT2D eigenvalue weighted by atomic mass is 79.9. The fraction of sp³-hybridized carbons (Fsp3) is 0.250. The van der Waals surface area contributed by atoms with Gasteiger partial charge in [-0.3, -0.25) is 18.7 Å². The molecule has 2 aromatic carbocycles. The van der Waals surface area contributed by atoms with Crippen LogP contribution in [-0.2, 0) is 19.6 Å². The minimum Gasteiger partial charge on any atom is -1.00 e. The molecule has 0 saturated heterocycles. The summed E-state index contributed by atoms with van der Waals surface area (Å²) in [7, 11) is 2.00. The van der Waals surface area contributed by atoms with E-state index in [0.29, 0.717) is 22.2 Å². The number of halogens is 1. The van der Waals surface area contributed by atoms with Crippen LogP contribution in [0.25, 0.3) is 21.3 Å². The van der Waals surface area contributed by atoms with E-state index in [0.717, 1.165) is 36.5 Å². The smallest absolute Gasteiger partial charge is 0.272 e. The van der Waals surface area contributed by atoms with Crippen LogP contribution in [0.2, 0.25) is 0 Å². The molecule has 0 saturated carbocycles. The lowest BCUT2D eigenvalue weighted by molar-refractivity contribution is -0.665. The summed E-state index contributed by atoms with van der Waals surface area (Å²) in [5.41, 5.74) is 2.22. The molecule has 1 aliphatic rings. The van der Waals surface area contributed by atoms with Gasteiger partial charge in [-0.25, -0.2) is 0 Å². The molecule has 0 bridgehead atoms. The van der Waals surface area contributed by atoms with Gasteiger partial charge in [0.15, 0.2) is 0 Å². The Hall–Kier alpha value is -2.44. The fourth-order valence-corrected chi connectivity index (χ4v) is 9.89. The molecule has 4 heterocycles. The van der Waals surface area contributed by atoms with E-state index in [1.807, 2.05) is 37.6 Å². The number of fused-ring (bicyclic) bond motifs is 2. The molecule has 5 aromatic rings. The second kappa shape index (κ2) is 11.2. The van der Waals surface area contributed by atoms with Crippen LogP contribution in [0.5, 0.6) is 0 Å². The lowest BCUT2D eigenvalue weighted by atomic mass is 10.3. The number of rotatable bonds is 4. The number of hydrogen-bond donors (Lipinski definition) is 0. The molecular formula is C28H27BrN4O2S4. The standard InChI is InChI=1S/C28H27N4O2S4.BrH/c1-5-30-18-13-9-11-15-20(18)35-21(30)16-22-31(6-2)25(33)24(37-22)28-32(7-3)26(34)23(38-28)27-29(4)17-12-8-10-14-19(17)36-27;/h8-16H,5-7H2,1-4H3;1H/q+1;/p-1/b27-23+,28-24-;. The maximum atomic E-state index is 13.7. The van der Waals surface area contributed by atoms with Gasteiger partial charge in [-0.1, -0.05) is 47.4 Å². The molecule has 0 unspecified atom stereocenters. The lowest BCUT2D eigenvalue weighted by Crippen LogP contribution is -3.00. The van der Waals surface area contributed by atoms with Gasteiger partial charge in [0.05, 0.1) is 11.8 Å². The normalized spacial score (nSPS) is 15.7. The highest BCUT2D eigenvalue weighted by molar-refractivity contribution is 8.08. The van der Waals surface area contributed by atoms with Gasteiger partial charge < -0.3 is 21.9 Å². The van der Waals surface area contributed by atoms with Crippen molar-refractivity contribution in [2.45, 2.75) is 45.3 Å². The Morgan fingerprint density at radius 3 is 2.26 bits per heavy atom. The number of aryl methyl sites for hydroxylation is 1. The Bertz CT molecular complexity index is 2050. The highest BCUT2D eigenvalue weighted by Crippen LogP contribution is 2.45. The van der Waals surface area contributed by atoms with Crippen molar-refractivity contribution in [3.63, 3.8) is 0 Å². The average molecular weight is 660 g/mol. The maximum Gasteiger partial charge on any atom is 0.272 e. The van der Waals surface area contributed by atoms with Crippen molar-refractivity contribution in [1.29, 1.82) is 0 Å². The van der Waals surface area contributed by atoms with Crippen LogP contribution in [0.15, 0.2) is 63.0 Å². The van der Waals surface area contributed by atoms with E-state index in [4.69, 9.17) is 0 Å². The summed E-state index contributed by atoms with van der Waals surface area (Å²) in [6.07, 6.45) is 2.13. The number of para-hydroxylation sites is 2. The summed E-state index contributed by atoms with van der Waals surface area (Å²) < 4.78 is 10.0. The fourth-order valence-electron chi connectivity index (χ4n) is 4.86. The number of nitrogens with zero attached hydrogens (tertiary/aromatic N) is 4. The predicted octanol–water partition coefficient (Wildman–Crippen LogP) is 1.12. The number of anilines is 1. The van der Waals surface area contributed by atoms with Crippen molar-refractivity contribution in [2.24, 2.45) is 0 Å². The Morgan fingerprint density at radius 2 is 1.54 bits per heavy atom. The number of hydrogen-bond acceptors (Lipinski definition) is 7. The first-order valence-electron chi connectivity index (χ1n) is 12.6. The third-order valence-corrected chi connectivity index (χ3v) is 11.7. The Morgan fingerprint density at radius 1 is 0.846 bits per heavy atom. The minimum atomic E-state index is -0.0383. The molecule has 0 atom stereocenters. The topological polar surface area (TPSA) is 51.1 Å². The zero-order valence-corrected chi connectivity index (χ0v) is 26.8. The first-order valence-corrected chi connectivity index (χ1v) is 15.8. The quantitative estimate of drug-likeness (QED) is 0.272. The van der Waals surface area contributed by atoms with E-state index in [1.165, 1.54) is 32.9 Å². The van der Waals surface area contributed by atoms with E-state index >= 15 is 0 Å². The Kier molecular flexibility index (Phi) is 8.08. The van der Waals surface area contributed by atoms with Gasteiger partial charge in [-0.05, 0) is 39.0 Å². The van der Waals surface area contributed by atoms with Crippen LogP contribution in [0, 0.1) is 9.20 Å². The minimum absolute atomic E-state index is 0. The molecule has 0 N–H and O–H groups in total. The lowest BCUT2D eigenvalue weighted by Gasteiger charge is -2.11. The zero-order chi connectivity index (χ0) is 26.6. The molecule has 0 spiro atoms. The second-order valence-corrected chi connectivity index (χ2v) is 13.0. The maximum absolute atomic E-state index is 13.7. The molecule has 0 fully saturated rings. The van der Waals surface area contributed by atoms with Crippen LogP contribution < -0.4 is 46.8 Å². The molecule has 6 rings (SSSR count). The second-order valence-electron chi connectivity index (χ2n) is 8.84. The average Bonchev–Trinajstić information content (AvgIpc) is 3.64. The molecule has 6 nitrogen and oxygen atoms in total. The summed E-state index contributed by atoms with van der Waals surface area (Å²) in [5.74, 6) is 0. The van der Waals surface area contributed by atoms with Gasteiger partial charge in [-0.15, -0.1) is 22.7 Å². The molecular weight excluding hydrogens is 633 g/mol. The largest absolute Gasteiger partial charge is 1.00 e. The first-order chi connectivity index (χ1) is 18.5. The van der Waals surface area contributed by atoms with E-state index < -0.39 is 0 Å². The summed E-state index contributed by atoms with van der Waals surface area (Å²) in [6, 6.07) is 16.6. The summed E-state index contributed by atoms with van der Waals surface area (Å²) in [6.45, 7) is 8.03. The van der Waals surface area contributed by atoms with Gasteiger partial charge in [-0.2, -0.15) is 4.57 Å². The highest BCUT2D eigenvalue weighted by Gasteiger charge is 2.24. The SMILES string of the molecule is CCn1c(=O)/c(=c2/s/c(=C3/Sc4ccccc4N3C)c(=O)n2CC)s/c1=C\c1sc2ccccc2[n+]1CC.[Br-]. The van der Waals surface area contributed by atoms with Crippen molar-refractivity contribution in [3.05, 3.63) is 92.6 Å². The number of benzene rings is 2. The zero-order valence-electron chi connectivity index (χ0n) is 21.9. The van der Waals surface area contributed by atoms with Gasteiger partial charge >= 0.3 is 0 Å². The molecule has 0 aliphatic carbocycles. The van der Waals surface area contributed by atoms with E-state index in [1.54, 1.807) is 27.7 Å². The van der Waals surface area contributed by atoms with Gasteiger partial charge in [0.2, 0.25) is 5.52 Å². The summed E-state index contributed by atoms with van der Waals surface area (Å²) in [4.78, 5) is 30.6. The van der Waals surface area contributed by atoms with Crippen LogP contribution in [0.1, 0.15) is 25.8 Å². The molecule has 0 amide bonds. The summed E-state index contributed by atoms with van der Waals surface area (Å²) in [5, 5.41) is 2.03. The molecule has 11 heteroatoms. The number of thiazole rings is 3. The van der Waals surface area contributed by atoms with Crippen molar-refractivity contribution in [3.8, 4) is 0 Å². The molecule has 202 valence electrons. The van der Waals surface area contributed by atoms with Gasteiger partial charge in [0.1, 0.15) is 34.7 Å². The van der Waals surface area contributed by atoms with E-state index in [-0.39, 0.29) is 28.1 Å². The molecule has 3 aromatic heterocycles. The predicted molar refractivity (Wildman–Crippen MR) is 161 cm³/mol. The first kappa shape index (κ1) is 28.1. The van der Waals surface area contributed by atoms with E-state index in [2.05, 4.69) is 58.9 Å². The van der Waals surface area contributed by atoms with Crippen LogP contribution in [-0.4, -0.2) is 16.2 Å². The Balaban J connectivity index is 0.00000308. The molecule has 39 heavy (non-hydrogen) atoms. The van der Waals surface area contributed by atoms with Crippen molar-refractivity contribution < 1.29 is 21.5 Å². The van der Waals surface area contributed by atoms with Crippen LogP contribution in [0.4, 0.5) is 5.69 Å². The number of thioether (sulfide) groups is 1. The van der Waals surface area contributed by atoms with Crippen molar-refractivity contribution in [1.82, 2.24) is 9.13 Å². The summed E-state index contributed by atoms with van der Waals surface area (Å²) >= 11 is 6.26. The van der Waals surface area contributed by atoms with Crippen molar-refractivity contribution in [2.75, 3.05) is 11.9 Å². The van der Waals surface area contributed by atoms with E-state index in [9.17, 15) is 9.59 Å². The molecule has 0 radical (unpaired) electrons. The Labute approximate surface area is 251 Å². The van der Waals surface area contributed by atoms with Gasteiger partial charge in [0, 0.05) is 31.1 Å². The molecule has 1 aliphatic heterocycles. The van der Waals surface area contributed by atoms with Crippen molar-refractivity contribution >= 4 is 72.8 Å². The van der Waals surface area contributed by atoms with Crippen LogP contribution >= 0.6 is 45.8 Å². The third kappa shape index (κ3) is 4.58. The third-order valence-electron chi connectivity index (χ3n) is 6.75. The number of aromatic nitrogens is 3. The monoisotopic (exact) mass is 658 g/mol. The van der Waals surface area contributed by atoms with Crippen LogP contribution in [0.3, 0.4) is 0 Å².